The van der Waals surface area contributed by atoms with Gasteiger partial charge in [-0.2, -0.15) is 0 Å². The van der Waals surface area contributed by atoms with Gasteiger partial charge in [0.15, 0.2) is 0 Å². The molecule has 1 aromatic heterocycles. The highest BCUT2D eigenvalue weighted by molar-refractivity contribution is 6.32. The molecule has 9 nitrogen and oxygen atoms in total. The zero-order valence-corrected chi connectivity index (χ0v) is 19.5. The molecule has 0 bridgehead atoms. The van der Waals surface area contributed by atoms with E-state index in [0.717, 1.165) is 16.5 Å². The van der Waals surface area contributed by atoms with Gasteiger partial charge in [0, 0.05) is 18.0 Å². The number of hydrogen-bond acceptors (Lipinski definition) is 8. The zero-order valence-electron chi connectivity index (χ0n) is 18.8. The number of fused-ring (bicyclic) bond motifs is 1. The van der Waals surface area contributed by atoms with Gasteiger partial charge in [0.05, 0.1) is 35.5 Å². The van der Waals surface area contributed by atoms with E-state index >= 15 is 0 Å². The monoisotopic (exact) mass is 479 g/mol. The van der Waals surface area contributed by atoms with E-state index < -0.39 is 4.92 Å². The maximum atomic E-state index is 12.3. The molecule has 34 heavy (non-hydrogen) atoms. The predicted molar refractivity (Wildman–Crippen MR) is 133 cm³/mol. The maximum absolute atomic E-state index is 12.3. The number of nitro groups is 1. The Balaban J connectivity index is 1.85. The SMILES string of the molecule is CCN(c1ncnc(Nc2cc(Cl)c(OC)cc2OC)c1[N+](=O)[O-])c1cccc2ccccc12. The van der Waals surface area contributed by atoms with Crippen LogP contribution in [0.2, 0.25) is 5.02 Å². The van der Waals surface area contributed by atoms with Crippen LogP contribution in [-0.2, 0) is 0 Å². The predicted octanol–water partition coefficient (Wildman–Crippen LogP) is 6.11. The number of benzene rings is 3. The lowest BCUT2D eigenvalue weighted by Crippen LogP contribution is -2.20. The molecule has 0 fully saturated rings. The Hall–Kier alpha value is -4.11. The Bertz CT molecular complexity index is 1360. The molecule has 0 aliphatic heterocycles. The number of nitrogens with one attached hydrogen (secondary N) is 1. The van der Waals surface area contributed by atoms with Crippen molar-refractivity contribution in [1.29, 1.82) is 0 Å². The topological polar surface area (TPSA) is 103 Å². The fourth-order valence-corrected chi connectivity index (χ4v) is 4.03. The molecule has 0 atom stereocenters. The van der Waals surface area contributed by atoms with Crippen LogP contribution in [0, 0.1) is 10.1 Å². The first-order valence-corrected chi connectivity index (χ1v) is 10.8. The Morgan fingerprint density at radius 3 is 2.50 bits per heavy atom. The third-order valence-electron chi connectivity index (χ3n) is 5.34. The number of rotatable bonds is 8. The van der Waals surface area contributed by atoms with E-state index in [4.69, 9.17) is 21.1 Å². The van der Waals surface area contributed by atoms with Gasteiger partial charge in [-0.3, -0.25) is 10.1 Å². The molecule has 0 spiro atoms. The highest BCUT2D eigenvalue weighted by Gasteiger charge is 2.29. The van der Waals surface area contributed by atoms with Gasteiger partial charge in [0.25, 0.3) is 0 Å². The minimum absolute atomic E-state index is 0.00761. The van der Waals surface area contributed by atoms with Crippen LogP contribution in [0.25, 0.3) is 10.8 Å². The summed E-state index contributed by atoms with van der Waals surface area (Å²) in [6.45, 7) is 2.36. The van der Waals surface area contributed by atoms with Gasteiger partial charge in [0.1, 0.15) is 17.8 Å². The van der Waals surface area contributed by atoms with Crippen molar-refractivity contribution in [2.45, 2.75) is 6.92 Å². The van der Waals surface area contributed by atoms with Crippen LogP contribution >= 0.6 is 11.6 Å². The molecule has 0 saturated heterocycles. The third-order valence-corrected chi connectivity index (χ3v) is 5.64. The van der Waals surface area contributed by atoms with Gasteiger partial charge >= 0.3 is 5.69 Å². The van der Waals surface area contributed by atoms with Gasteiger partial charge < -0.3 is 19.7 Å². The van der Waals surface area contributed by atoms with Crippen molar-refractivity contribution in [3.63, 3.8) is 0 Å². The normalized spacial score (nSPS) is 10.7. The Morgan fingerprint density at radius 2 is 1.79 bits per heavy atom. The number of anilines is 4. The van der Waals surface area contributed by atoms with Crippen molar-refractivity contribution in [2.75, 3.05) is 31.0 Å². The Kier molecular flexibility index (Phi) is 6.65. The highest BCUT2D eigenvalue weighted by atomic mass is 35.5. The van der Waals surface area contributed by atoms with Crippen LogP contribution in [0.3, 0.4) is 0 Å². The first kappa shape index (κ1) is 23.1. The average Bonchev–Trinajstić information content (AvgIpc) is 2.85. The standard InChI is InChI=1S/C24H22ClN5O4/c1-4-29(19-11-7-9-15-8-5-6-10-16(15)19)24-22(30(31)32)23(26-14-27-24)28-18-12-17(25)20(33-2)13-21(18)34-3/h5-14H,4H2,1-3H3,(H,26,27,28). The number of halogens is 1. The first-order valence-electron chi connectivity index (χ1n) is 10.4. The van der Waals surface area contributed by atoms with Crippen molar-refractivity contribution in [1.82, 2.24) is 9.97 Å². The maximum Gasteiger partial charge on any atom is 0.354 e. The molecule has 0 saturated carbocycles. The molecule has 0 amide bonds. The fraction of sp³-hybridized carbons (Fsp3) is 0.167. The van der Waals surface area contributed by atoms with E-state index in [2.05, 4.69) is 15.3 Å². The number of nitrogens with zero attached hydrogens (tertiary/aromatic N) is 4. The van der Waals surface area contributed by atoms with Crippen LogP contribution < -0.4 is 19.7 Å². The molecule has 1 heterocycles. The molecule has 1 N–H and O–H groups in total. The molecular formula is C24H22ClN5O4. The molecule has 0 radical (unpaired) electrons. The van der Waals surface area contributed by atoms with E-state index in [0.29, 0.717) is 28.8 Å². The molecule has 174 valence electrons. The van der Waals surface area contributed by atoms with Gasteiger partial charge in [-0.15, -0.1) is 0 Å². The van der Waals surface area contributed by atoms with Crippen molar-refractivity contribution in [3.8, 4) is 11.5 Å². The van der Waals surface area contributed by atoms with Crippen molar-refractivity contribution in [2.24, 2.45) is 0 Å². The number of methoxy groups -OCH3 is 2. The highest BCUT2D eigenvalue weighted by Crippen LogP contribution is 2.42. The van der Waals surface area contributed by atoms with Gasteiger partial charge in [-0.05, 0) is 24.4 Å². The molecule has 0 aliphatic rings. The van der Waals surface area contributed by atoms with Crippen LogP contribution in [0.4, 0.5) is 28.7 Å². The van der Waals surface area contributed by atoms with Crippen LogP contribution in [0.5, 0.6) is 11.5 Å². The van der Waals surface area contributed by atoms with E-state index in [1.807, 2.05) is 49.4 Å². The smallest absolute Gasteiger partial charge is 0.354 e. The number of ether oxygens (including phenoxy) is 2. The van der Waals surface area contributed by atoms with Gasteiger partial charge in [-0.1, -0.05) is 48.0 Å². The largest absolute Gasteiger partial charge is 0.495 e. The number of aromatic nitrogens is 2. The summed E-state index contributed by atoms with van der Waals surface area (Å²) in [6, 6.07) is 16.8. The molecule has 0 unspecified atom stereocenters. The van der Waals surface area contributed by atoms with Gasteiger partial charge in [0.2, 0.25) is 11.6 Å². The van der Waals surface area contributed by atoms with Crippen LogP contribution in [0.15, 0.2) is 60.9 Å². The second-order valence-corrected chi connectivity index (χ2v) is 7.61. The van der Waals surface area contributed by atoms with Crippen molar-refractivity contribution >= 4 is 51.1 Å². The summed E-state index contributed by atoms with van der Waals surface area (Å²) >= 11 is 6.27. The summed E-state index contributed by atoms with van der Waals surface area (Å²) in [5.41, 5.74) is 0.930. The summed E-state index contributed by atoms with van der Waals surface area (Å²) in [5, 5.41) is 17.5. The Labute approximate surface area is 201 Å². The Morgan fingerprint density at radius 1 is 1.06 bits per heavy atom. The number of hydrogen-bond donors (Lipinski definition) is 1. The van der Waals surface area contributed by atoms with Gasteiger partial charge in [-0.25, -0.2) is 9.97 Å². The molecule has 4 aromatic rings. The average molecular weight is 480 g/mol. The zero-order chi connectivity index (χ0) is 24.2. The summed E-state index contributed by atoms with van der Waals surface area (Å²) in [5.74, 6) is 0.973. The van der Waals surface area contributed by atoms with Crippen molar-refractivity contribution < 1.29 is 14.4 Å². The summed E-state index contributed by atoms with van der Waals surface area (Å²) < 4.78 is 10.6. The molecule has 4 rings (SSSR count). The minimum Gasteiger partial charge on any atom is -0.495 e. The summed E-state index contributed by atoms with van der Waals surface area (Å²) in [4.78, 5) is 22.0. The van der Waals surface area contributed by atoms with Crippen molar-refractivity contribution in [3.05, 3.63) is 76.1 Å². The second-order valence-electron chi connectivity index (χ2n) is 7.21. The molecular weight excluding hydrogens is 458 g/mol. The van der Waals surface area contributed by atoms with Crippen LogP contribution in [-0.4, -0.2) is 35.7 Å². The lowest BCUT2D eigenvalue weighted by Gasteiger charge is -2.24. The summed E-state index contributed by atoms with van der Waals surface area (Å²) in [6.07, 6.45) is 1.29. The quantitative estimate of drug-likeness (QED) is 0.238. The minimum atomic E-state index is -0.497. The summed E-state index contributed by atoms with van der Waals surface area (Å²) in [7, 11) is 2.97. The molecule has 0 aliphatic carbocycles. The molecule has 3 aromatic carbocycles. The lowest BCUT2D eigenvalue weighted by molar-refractivity contribution is -0.383. The first-order chi connectivity index (χ1) is 16.5. The fourth-order valence-electron chi connectivity index (χ4n) is 3.79. The molecule has 10 heteroatoms. The third kappa shape index (κ3) is 4.25. The van der Waals surface area contributed by atoms with E-state index in [-0.39, 0.29) is 17.3 Å². The van der Waals surface area contributed by atoms with E-state index in [9.17, 15) is 10.1 Å². The van der Waals surface area contributed by atoms with Crippen LogP contribution in [0.1, 0.15) is 6.92 Å². The second kappa shape index (κ2) is 9.80. The van der Waals surface area contributed by atoms with E-state index in [1.54, 1.807) is 17.0 Å². The lowest BCUT2D eigenvalue weighted by atomic mass is 10.1. The van der Waals surface area contributed by atoms with E-state index in [1.165, 1.54) is 20.5 Å².